The summed E-state index contributed by atoms with van der Waals surface area (Å²) in [5.41, 5.74) is 0.929. The number of hydrogen-bond donors (Lipinski definition) is 0. The van der Waals surface area contributed by atoms with Gasteiger partial charge in [0, 0.05) is 11.8 Å². The molecule has 6 atom stereocenters. The van der Waals surface area contributed by atoms with Crippen molar-refractivity contribution in [3.63, 3.8) is 0 Å². The van der Waals surface area contributed by atoms with Gasteiger partial charge in [-0.25, -0.2) is 0 Å². The first kappa shape index (κ1) is 15.2. The van der Waals surface area contributed by atoms with Crippen LogP contribution in [-0.4, -0.2) is 19.0 Å². The van der Waals surface area contributed by atoms with Crippen molar-refractivity contribution in [3.05, 3.63) is 0 Å². The fourth-order valence-corrected chi connectivity index (χ4v) is 8.18. The van der Waals surface area contributed by atoms with Crippen molar-refractivity contribution >= 4 is 0 Å². The Kier molecular flexibility index (Phi) is 3.29. The zero-order valence-electron chi connectivity index (χ0n) is 15.1. The van der Waals surface area contributed by atoms with Gasteiger partial charge < -0.3 is 9.47 Å². The molecule has 4 saturated carbocycles. The van der Waals surface area contributed by atoms with E-state index in [0.717, 1.165) is 43.3 Å². The third kappa shape index (κ3) is 1.83. The zero-order chi connectivity index (χ0) is 15.7. The minimum atomic E-state index is -0.215. The summed E-state index contributed by atoms with van der Waals surface area (Å²) >= 11 is 0. The number of fused-ring (bicyclic) bond motifs is 6. The highest BCUT2D eigenvalue weighted by molar-refractivity contribution is 5.12. The Morgan fingerprint density at radius 3 is 2.35 bits per heavy atom. The van der Waals surface area contributed by atoms with E-state index >= 15 is 0 Å². The Hall–Kier alpha value is -0.0800. The average molecular weight is 319 g/mol. The maximum Gasteiger partial charge on any atom is 0.174 e. The van der Waals surface area contributed by atoms with Crippen LogP contribution in [-0.2, 0) is 9.47 Å². The smallest absolute Gasteiger partial charge is 0.174 e. The molecule has 0 unspecified atom stereocenters. The molecule has 5 aliphatic rings. The second-order valence-electron chi connectivity index (χ2n) is 9.85. The molecule has 1 spiro atoms. The van der Waals surface area contributed by atoms with E-state index in [4.69, 9.17) is 9.47 Å². The third-order valence-electron chi connectivity index (χ3n) is 9.38. The first-order valence-electron chi connectivity index (χ1n) is 10.4. The summed E-state index contributed by atoms with van der Waals surface area (Å²) in [7, 11) is 0. The first-order chi connectivity index (χ1) is 11.1. The van der Waals surface area contributed by atoms with Crippen LogP contribution in [0.25, 0.3) is 0 Å². The number of hydrogen-bond acceptors (Lipinski definition) is 2. The van der Waals surface area contributed by atoms with Crippen LogP contribution in [0.4, 0.5) is 0 Å². The lowest BCUT2D eigenvalue weighted by Crippen LogP contribution is -2.56. The van der Waals surface area contributed by atoms with E-state index in [2.05, 4.69) is 13.8 Å². The summed E-state index contributed by atoms with van der Waals surface area (Å²) < 4.78 is 12.5. The standard InChI is InChI=1S/C21H34O2/c1-19-10-4-3-5-15(19)6-7-16-17(19)8-11-20(2)18(16)9-12-21(20)22-13-14-23-21/h15-18H,3-14H2,1-2H3/t15-,16-,17+,18+,19-,20+/m0/s1. The lowest BCUT2D eigenvalue weighted by molar-refractivity contribution is -0.247. The molecule has 1 saturated heterocycles. The summed E-state index contributed by atoms with van der Waals surface area (Å²) in [6.07, 6.45) is 14.2. The molecule has 5 fully saturated rings. The zero-order valence-corrected chi connectivity index (χ0v) is 15.1. The van der Waals surface area contributed by atoms with Gasteiger partial charge in [-0.05, 0) is 74.0 Å². The van der Waals surface area contributed by atoms with Gasteiger partial charge in [-0.2, -0.15) is 0 Å². The van der Waals surface area contributed by atoms with Gasteiger partial charge in [-0.3, -0.25) is 0 Å². The van der Waals surface area contributed by atoms with E-state index in [1.807, 2.05) is 0 Å². The quantitative estimate of drug-likeness (QED) is 0.614. The molecular formula is C21H34O2. The van der Waals surface area contributed by atoms with Crippen molar-refractivity contribution in [1.29, 1.82) is 0 Å². The fraction of sp³-hybridized carbons (Fsp3) is 1.00. The van der Waals surface area contributed by atoms with Crippen LogP contribution in [0.15, 0.2) is 0 Å². The minimum absolute atomic E-state index is 0.215. The summed E-state index contributed by atoms with van der Waals surface area (Å²) in [4.78, 5) is 0. The van der Waals surface area contributed by atoms with E-state index in [-0.39, 0.29) is 11.2 Å². The monoisotopic (exact) mass is 318 g/mol. The molecule has 130 valence electrons. The van der Waals surface area contributed by atoms with E-state index in [0.29, 0.717) is 5.41 Å². The molecule has 0 aromatic rings. The van der Waals surface area contributed by atoms with E-state index in [9.17, 15) is 0 Å². The van der Waals surface area contributed by atoms with Gasteiger partial charge in [0.25, 0.3) is 0 Å². The van der Waals surface area contributed by atoms with Crippen molar-refractivity contribution in [2.75, 3.05) is 13.2 Å². The number of rotatable bonds is 0. The van der Waals surface area contributed by atoms with Gasteiger partial charge in [0.1, 0.15) is 0 Å². The third-order valence-corrected chi connectivity index (χ3v) is 9.38. The summed E-state index contributed by atoms with van der Waals surface area (Å²) in [6.45, 7) is 6.82. The minimum Gasteiger partial charge on any atom is -0.347 e. The summed E-state index contributed by atoms with van der Waals surface area (Å²) in [6, 6.07) is 0. The topological polar surface area (TPSA) is 18.5 Å². The predicted octanol–water partition coefficient (Wildman–Crippen LogP) is 5.16. The lowest BCUT2D eigenvalue weighted by Gasteiger charge is -2.61. The molecule has 2 nitrogen and oxygen atoms in total. The van der Waals surface area contributed by atoms with E-state index in [1.54, 1.807) is 0 Å². The second-order valence-corrected chi connectivity index (χ2v) is 9.85. The van der Waals surface area contributed by atoms with Crippen molar-refractivity contribution in [3.8, 4) is 0 Å². The highest BCUT2D eigenvalue weighted by Gasteiger charge is 2.66. The molecule has 0 radical (unpaired) electrons. The Morgan fingerprint density at radius 1 is 0.739 bits per heavy atom. The Labute approximate surface area is 141 Å². The van der Waals surface area contributed by atoms with Gasteiger partial charge in [0.05, 0.1) is 13.2 Å². The van der Waals surface area contributed by atoms with E-state index < -0.39 is 0 Å². The predicted molar refractivity (Wildman–Crippen MR) is 91.0 cm³/mol. The van der Waals surface area contributed by atoms with E-state index in [1.165, 1.54) is 57.8 Å². The molecule has 5 rings (SSSR count). The average Bonchev–Trinajstić information content (AvgIpc) is 3.14. The molecule has 2 heteroatoms. The molecule has 23 heavy (non-hydrogen) atoms. The normalized spacial score (nSPS) is 54.5. The Balaban J connectivity index is 1.47. The van der Waals surface area contributed by atoms with Crippen LogP contribution in [0.5, 0.6) is 0 Å². The molecule has 0 N–H and O–H groups in total. The van der Waals surface area contributed by atoms with Crippen LogP contribution in [0, 0.1) is 34.5 Å². The molecule has 0 bridgehead atoms. The molecule has 1 aliphatic heterocycles. The molecular weight excluding hydrogens is 284 g/mol. The van der Waals surface area contributed by atoms with Crippen LogP contribution in [0.2, 0.25) is 0 Å². The highest BCUT2D eigenvalue weighted by atomic mass is 16.7. The number of ether oxygens (including phenoxy) is 2. The molecule has 0 aromatic carbocycles. The molecule has 0 amide bonds. The van der Waals surface area contributed by atoms with Gasteiger partial charge in [-0.1, -0.05) is 26.7 Å². The van der Waals surface area contributed by atoms with Crippen molar-refractivity contribution in [2.24, 2.45) is 34.5 Å². The molecule has 4 aliphatic carbocycles. The van der Waals surface area contributed by atoms with Crippen molar-refractivity contribution in [1.82, 2.24) is 0 Å². The maximum atomic E-state index is 6.26. The largest absolute Gasteiger partial charge is 0.347 e. The van der Waals surface area contributed by atoms with Crippen LogP contribution in [0.1, 0.15) is 78.1 Å². The molecule has 1 heterocycles. The van der Waals surface area contributed by atoms with Gasteiger partial charge in [-0.15, -0.1) is 0 Å². The Morgan fingerprint density at radius 2 is 1.52 bits per heavy atom. The maximum absolute atomic E-state index is 6.26. The van der Waals surface area contributed by atoms with Crippen molar-refractivity contribution < 1.29 is 9.47 Å². The van der Waals surface area contributed by atoms with Crippen molar-refractivity contribution in [2.45, 2.75) is 83.8 Å². The van der Waals surface area contributed by atoms with Crippen LogP contribution < -0.4 is 0 Å². The first-order valence-corrected chi connectivity index (χ1v) is 10.4. The van der Waals surface area contributed by atoms with Gasteiger partial charge in [0.2, 0.25) is 0 Å². The van der Waals surface area contributed by atoms with Gasteiger partial charge in [0.15, 0.2) is 5.79 Å². The SMILES string of the molecule is C[C@]12CCCC[C@H]1CC[C@H]1[C@H]2CC[C@]2(C)[C@@H]1CCC21OCCO1. The molecule has 0 aromatic heterocycles. The highest BCUT2D eigenvalue weighted by Crippen LogP contribution is 2.69. The van der Waals surface area contributed by atoms with Crippen LogP contribution in [0.3, 0.4) is 0 Å². The van der Waals surface area contributed by atoms with Crippen LogP contribution >= 0.6 is 0 Å². The fourth-order valence-electron chi connectivity index (χ4n) is 8.18. The Bertz CT molecular complexity index is 482. The van der Waals surface area contributed by atoms with Gasteiger partial charge >= 0.3 is 0 Å². The summed E-state index contributed by atoms with van der Waals surface area (Å²) in [5, 5.41) is 0. The summed E-state index contributed by atoms with van der Waals surface area (Å²) in [5.74, 6) is 3.58. The second kappa shape index (κ2) is 4.97. The lowest BCUT2D eigenvalue weighted by atomic mass is 9.45.